The van der Waals surface area contributed by atoms with E-state index in [0.717, 1.165) is 29.4 Å². The minimum absolute atomic E-state index is 0.0560. The Morgan fingerprint density at radius 2 is 2.10 bits per heavy atom. The maximum atomic E-state index is 11.0. The van der Waals surface area contributed by atoms with Crippen molar-refractivity contribution >= 4 is 16.9 Å². The zero-order valence-corrected chi connectivity index (χ0v) is 11.9. The third-order valence-electron chi connectivity index (χ3n) is 3.61. The lowest BCUT2D eigenvalue weighted by Gasteiger charge is -2.03. The van der Waals surface area contributed by atoms with Crippen LogP contribution in [0, 0.1) is 0 Å². The molecule has 3 aromatic rings. The number of fused-ring (bicyclic) bond motifs is 1. The smallest absolute Gasteiger partial charge is 0.307 e. The molecule has 21 heavy (non-hydrogen) atoms. The van der Waals surface area contributed by atoms with Gasteiger partial charge in [-0.1, -0.05) is 18.2 Å². The summed E-state index contributed by atoms with van der Waals surface area (Å²) in [6.07, 6.45) is 6.75. The van der Waals surface area contributed by atoms with Crippen molar-refractivity contribution in [2.45, 2.75) is 19.4 Å². The molecule has 0 atom stereocenters. The molecule has 0 radical (unpaired) electrons. The fourth-order valence-corrected chi connectivity index (χ4v) is 2.66. The van der Waals surface area contributed by atoms with E-state index in [9.17, 15) is 4.79 Å². The summed E-state index contributed by atoms with van der Waals surface area (Å²) in [6.45, 7) is 0.811. The van der Waals surface area contributed by atoms with Gasteiger partial charge in [-0.2, -0.15) is 5.10 Å². The third kappa shape index (κ3) is 2.81. The molecule has 108 valence electrons. The zero-order valence-electron chi connectivity index (χ0n) is 11.9. The van der Waals surface area contributed by atoms with E-state index < -0.39 is 5.97 Å². The molecular formula is C16H17N3O2. The van der Waals surface area contributed by atoms with Crippen LogP contribution in [-0.4, -0.2) is 25.4 Å². The monoisotopic (exact) mass is 283 g/mol. The van der Waals surface area contributed by atoms with Gasteiger partial charge in [0.2, 0.25) is 0 Å². The standard InChI is InChI=1S/C16H17N3O2/c1-18-10-12(9-17-18)6-7-19-11-13(8-16(20)21)14-4-2-3-5-15(14)19/h2-5,9-11H,6-8H2,1H3,(H,20,21). The number of para-hydroxylation sites is 1. The summed E-state index contributed by atoms with van der Waals surface area (Å²) in [5.74, 6) is -0.801. The molecule has 0 saturated carbocycles. The molecule has 1 N–H and O–H groups in total. The number of nitrogens with zero attached hydrogens (tertiary/aromatic N) is 3. The topological polar surface area (TPSA) is 60.0 Å². The van der Waals surface area contributed by atoms with E-state index in [-0.39, 0.29) is 6.42 Å². The quantitative estimate of drug-likeness (QED) is 0.781. The summed E-state index contributed by atoms with van der Waals surface area (Å²) in [5.41, 5.74) is 3.12. The molecule has 0 aliphatic heterocycles. The van der Waals surface area contributed by atoms with Crippen LogP contribution in [0.3, 0.4) is 0 Å². The number of aryl methyl sites for hydroxylation is 3. The number of carboxylic acids is 1. The number of aliphatic carboxylic acids is 1. The second kappa shape index (κ2) is 5.44. The molecule has 0 amide bonds. The highest BCUT2D eigenvalue weighted by molar-refractivity contribution is 5.87. The van der Waals surface area contributed by atoms with Crippen molar-refractivity contribution in [1.82, 2.24) is 14.3 Å². The Bertz CT molecular complexity index is 786. The van der Waals surface area contributed by atoms with E-state index in [4.69, 9.17) is 5.11 Å². The number of hydrogen-bond donors (Lipinski definition) is 1. The highest BCUT2D eigenvalue weighted by atomic mass is 16.4. The van der Waals surface area contributed by atoms with Crippen molar-refractivity contribution in [3.63, 3.8) is 0 Å². The van der Waals surface area contributed by atoms with Gasteiger partial charge < -0.3 is 9.67 Å². The second-order valence-electron chi connectivity index (χ2n) is 5.21. The Morgan fingerprint density at radius 3 is 2.81 bits per heavy atom. The first-order valence-corrected chi connectivity index (χ1v) is 6.89. The van der Waals surface area contributed by atoms with E-state index in [2.05, 4.69) is 9.67 Å². The zero-order chi connectivity index (χ0) is 14.8. The molecule has 3 rings (SSSR count). The fraction of sp³-hybridized carbons (Fsp3) is 0.250. The van der Waals surface area contributed by atoms with E-state index in [1.165, 1.54) is 5.56 Å². The normalized spacial score (nSPS) is 11.1. The molecule has 0 bridgehead atoms. The maximum Gasteiger partial charge on any atom is 0.307 e. The molecule has 0 spiro atoms. The van der Waals surface area contributed by atoms with Gasteiger partial charge in [-0.05, 0) is 23.6 Å². The summed E-state index contributed by atoms with van der Waals surface area (Å²) in [6, 6.07) is 7.94. The first kappa shape index (κ1) is 13.4. The SMILES string of the molecule is Cn1cc(CCn2cc(CC(=O)O)c3ccccc32)cn1. The molecule has 1 aromatic carbocycles. The highest BCUT2D eigenvalue weighted by Gasteiger charge is 2.11. The summed E-state index contributed by atoms with van der Waals surface area (Å²) in [4.78, 5) is 11.0. The van der Waals surface area contributed by atoms with Crippen molar-refractivity contribution < 1.29 is 9.90 Å². The molecule has 0 fully saturated rings. The van der Waals surface area contributed by atoms with Gasteiger partial charge in [-0.3, -0.25) is 9.48 Å². The molecule has 0 aliphatic carbocycles. The molecular weight excluding hydrogens is 266 g/mol. The fourth-order valence-electron chi connectivity index (χ4n) is 2.66. The van der Waals surface area contributed by atoms with Gasteiger partial charge in [-0.15, -0.1) is 0 Å². The average Bonchev–Trinajstić information content (AvgIpc) is 3.01. The van der Waals surface area contributed by atoms with Gasteiger partial charge >= 0.3 is 5.97 Å². The van der Waals surface area contributed by atoms with Crippen molar-refractivity contribution in [1.29, 1.82) is 0 Å². The summed E-state index contributed by atoms with van der Waals surface area (Å²) in [5, 5.41) is 14.2. The predicted octanol–water partition coefficient (Wildman–Crippen LogP) is 2.24. The van der Waals surface area contributed by atoms with Gasteiger partial charge in [0.05, 0.1) is 12.6 Å². The van der Waals surface area contributed by atoms with Crippen molar-refractivity contribution in [3.8, 4) is 0 Å². The third-order valence-corrected chi connectivity index (χ3v) is 3.61. The van der Waals surface area contributed by atoms with Crippen LogP contribution in [0.2, 0.25) is 0 Å². The van der Waals surface area contributed by atoms with Crippen LogP contribution < -0.4 is 0 Å². The molecule has 5 heteroatoms. The first-order chi connectivity index (χ1) is 10.1. The van der Waals surface area contributed by atoms with Crippen LogP contribution in [0.5, 0.6) is 0 Å². The lowest BCUT2D eigenvalue weighted by molar-refractivity contribution is -0.136. The van der Waals surface area contributed by atoms with E-state index >= 15 is 0 Å². The largest absolute Gasteiger partial charge is 0.481 e. The Balaban J connectivity index is 1.89. The minimum atomic E-state index is -0.801. The predicted molar refractivity (Wildman–Crippen MR) is 80.2 cm³/mol. The van der Waals surface area contributed by atoms with Gasteiger partial charge in [0, 0.05) is 36.9 Å². The summed E-state index contributed by atoms with van der Waals surface area (Å²) < 4.78 is 3.92. The number of carbonyl (C=O) groups is 1. The molecule has 2 aromatic heterocycles. The number of hydrogen-bond acceptors (Lipinski definition) is 2. The summed E-state index contributed by atoms with van der Waals surface area (Å²) in [7, 11) is 1.90. The molecule has 0 aliphatic rings. The van der Waals surface area contributed by atoms with Gasteiger partial charge in [0.15, 0.2) is 0 Å². The van der Waals surface area contributed by atoms with Crippen LogP contribution >= 0.6 is 0 Å². The summed E-state index contributed by atoms with van der Waals surface area (Å²) >= 11 is 0. The lowest BCUT2D eigenvalue weighted by Crippen LogP contribution is -2.01. The van der Waals surface area contributed by atoms with Crippen LogP contribution in [-0.2, 0) is 31.2 Å². The minimum Gasteiger partial charge on any atom is -0.481 e. The average molecular weight is 283 g/mol. The van der Waals surface area contributed by atoms with Crippen molar-refractivity contribution in [2.24, 2.45) is 7.05 Å². The Labute approximate surface area is 122 Å². The Hall–Kier alpha value is -2.56. The van der Waals surface area contributed by atoms with Gasteiger partial charge in [0.25, 0.3) is 0 Å². The van der Waals surface area contributed by atoms with Crippen molar-refractivity contribution in [3.05, 3.63) is 54.0 Å². The van der Waals surface area contributed by atoms with Crippen LogP contribution in [0.4, 0.5) is 0 Å². The first-order valence-electron chi connectivity index (χ1n) is 6.89. The molecule has 0 unspecified atom stereocenters. The van der Waals surface area contributed by atoms with Gasteiger partial charge in [-0.25, -0.2) is 0 Å². The van der Waals surface area contributed by atoms with Crippen LogP contribution in [0.1, 0.15) is 11.1 Å². The second-order valence-corrected chi connectivity index (χ2v) is 5.21. The number of aromatic nitrogens is 3. The van der Waals surface area contributed by atoms with E-state index in [1.807, 2.05) is 49.9 Å². The molecule has 5 nitrogen and oxygen atoms in total. The lowest BCUT2D eigenvalue weighted by atomic mass is 10.1. The molecule has 0 saturated heterocycles. The Morgan fingerprint density at radius 1 is 1.29 bits per heavy atom. The van der Waals surface area contributed by atoms with Gasteiger partial charge in [0.1, 0.15) is 0 Å². The van der Waals surface area contributed by atoms with Crippen molar-refractivity contribution in [2.75, 3.05) is 0 Å². The van der Waals surface area contributed by atoms with E-state index in [1.54, 1.807) is 4.68 Å². The van der Waals surface area contributed by atoms with Crippen LogP contribution in [0.15, 0.2) is 42.9 Å². The number of carboxylic acid groups (broad SMARTS) is 1. The Kier molecular flexibility index (Phi) is 3.48. The highest BCUT2D eigenvalue weighted by Crippen LogP contribution is 2.22. The maximum absolute atomic E-state index is 11.0. The van der Waals surface area contributed by atoms with E-state index in [0.29, 0.717) is 0 Å². The number of rotatable bonds is 5. The molecule has 2 heterocycles. The van der Waals surface area contributed by atoms with Crippen LogP contribution in [0.25, 0.3) is 10.9 Å². The number of benzene rings is 1.